The van der Waals surface area contributed by atoms with E-state index in [-0.39, 0.29) is 0 Å². The number of hydrogen-bond acceptors (Lipinski definition) is 4. The van der Waals surface area contributed by atoms with Gasteiger partial charge in [-0.05, 0) is 92.6 Å². The number of nitrogens with one attached hydrogen (secondary N) is 2. The molecule has 0 radical (unpaired) electrons. The molecule has 0 aliphatic rings. The average molecular weight is 464 g/mol. The number of aromatic amines is 1. The van der Waals surface area contributed by atoms with Gasteiger partial charge in [0.2, 0.25) is 0 Å². The first-order chi connectivity index (χ1) is 16.1. The number of thiocarbonyl (C=S) groups is 1. The molecule has 7 heteroatoms. The van der Waals surface area contributed by atoms with E-state index in [0.717, 1.165) is 47.1 Å². The van der Waals surface area contributed by atoms with Crippen LogP contribution in [-0.2, 0) is 13.0 Å². The van der Waals surface area contributed by atoms with Gasteiger partial charge in [-0.2, -0.15) is 0 Å². The van der Waals surface area contributed by atoms with Gasteiger partial charge >= 0.3 is 0 Å². The molecule has 4 aromatic rings. The molecule has 172 valence electrons. The third-order valence-electron chi connectivity index (χ3n) is 5.59. The first-order valence-electron chi connectivity index (χ1n) is 11.0. The van der Waals surface area contributed by atoms with Crippen LogP contribution in [0, 0.1) is 6.92 Å². The molecule has 2 aromatic carbocycles. The number of aromatic nitrogens is 1. The second kappa shape index (κ2) is 10.4. The number of methoxy groups -OCH3 is 1. The Morgan fingerprint density at radius 1 is 1.12 bits per heavy atom. The predicted octanol–water partition coefficient (Wildman–Crippen LogP) is 5.92. The predicted molar refractivity (Wildman–Crippen MR) is 136 cm³/mol. The van der Waals surface area contributed by atoms with E-state index < -0.39 is 0 Å². The molecule has 0 saturated carbocycles. The van der Waals surface area contributed by atoms with Crippen molar-refractivity contribution in [3.63, 3.8) is 0 Å². The highest BCUT2D eigenvalue weighted by molar-refractivity contribution is 7.80. The number of fused-ring (bicyclic) bond motifs is 1. The van der Waals surface area contributed by atoms with E-state index in [1.807, 2.05) is 49.4 Å². The van der Waals surface area contributed by atoms with Crippen molar-refractivity contribution in [1.82, 2.24) is 9.88 Å². The molecule has 0 aliphatic heterocycles. The van der Waals surface area contributed by atoms with Gasteiger partial charge in [-0.25, -0.2) is 0 Å². The van der Waals surface area contributed by atoms with Crippen molar-refractivity contribution < 1.29 is 13.9 Å². The fraction of sp³-hybridized carbons (Fsp3) is 0.269. The van der Waals surface area contributed by atoms with Crippen LogP contribution in [0.1, 0.15) is 23.9 Å². The smallest absolute Gasteiger partial charge is 0.173 e. The van der Waals surface area contributed by atoms with Crippen molar-refractivity contribution in [1.29, 1.82) is 0 Å². The number of anilines is 1. The standard InChI is InChI=1S/C26H29N3O3S/c1-4-31-20-9-7-19(8-10-20)28-26(33)29(17-22-6-5-15-32-22)14-13-23-18(2)27-25-12-11-21(30-3)16-24(23)25/h5-12,15-16,27H,4,13-14,17H2,1-3H3,(H,28,33). The van der Waals surface area contributed by atoms with Crippen LogP contribution in [-0.4, -0.2) is 35.3 Å². The monoisotopic (exact) mass is 463 g/mol. The minimum absolute atomic E-state index is 0.584. The maximum atomic E-state index is 5.79. The Hall–Kier alpha value is -3.45. The first kappa shape index (κ1) is 22.7. The summed E-state index contributed by atoms with van der Waals surface area (Å²) >= 11 is 5.79. The number of ether oxygens (including phenoxy) is 2. The lowest BCUT2D eigenvalue weighted by Gasteiger charge is -2.25. The van der Waals surface area contributed by atoms with Gasteiger partial charge in [0.25, 0.3) is 0 Å². The van der Waals surface area contributed by atoms with Gasteiger partial charge in [0.15, 0.2) is 5.11 Å². The van der Waals surface area contributed by atoms with Gasteiger partial charge in [0.05, 0.1) is 26.5 Å². The van der Waals surface area contributed by atoms with Crippen LogP contribution in [0.25, 0.3) is 10.9 Å². The van der Waals surface area contributed by atoms with Crippen molar-refractivity contribution in [2.75, 3.05) is 25.6 Å². The summed E-state index contributed by atoms with van der Waals surface area (Å²) in [7, 11) is 1.69. The van der Waals surface area contributed by atoms with E-state index in [1.54, 1.807) is 13.4 Å². The Morgan fingerprint density at radius 3 is 2.61 bits per heavy atom. The van der Waals surface area contributed by atoms with Gasteiger partial charge < -0.3 is 29.1 Å². The van der Waals surface area contributed by atoms with Crippen molar-refractivity contribution >= 4 is 33.9 Å². The molecule has 0 amide bonds. The molecular weight excluding hydrogens is 434 g/mol. The summed E-state index contributed by atoms with van der Waals surface area (Å²) in [5.74, 6) is 2.55. The van der Waals surface area contributed by atoms with E-state index in [2.05, 4.69) is 34.3 Å². The van der Waals surface area contributed by atoms with Crippen LogP contribution in [0.5, 0.6) is 11.5 Å². The fourth-order valence-electron chi connectivity index (χ4n) is 3.90. The van der Waals surface area contributed by atoms with Crippen LogP contribution in [0.2, 0.25) is 0 Å². The van der Waals surface area contributed by atoms with Gasteiger partial charge in [0.1, 0.15) is 17.3 Å². The summed E-state index contributed by atoms with van der Waals surface area (Å²) in [6.45, 7) is 6.03. The van der Waals surface area contributed by atoms with Gasteiger partial charge in [0, 0.05) is 28.8 Å². The first-order valence-corrected chi connectivity index (χ1v) is 11.4. The molecule has 0 saturated heterocycles. The highest BCUT2D eigenvalue weighted by atomic mass is 32.1. The molecule has 0 aliphatic carbocycles. The van der Waals surface area contributed by atoms with Crippen molar-refractivity contribution in [2.45, 2.75) is 26.8 Å². The number of benzene rings is 2. The van der Waals surface area contributed by atoms with Crippen LogP contribution in [0.4, 0.5) is 5.69 Å². The number of hydrogen-bond donors (Lipinski definition) is 2. The lowest BCUT2D eigenvalue weighted by atomic mass is 10.1. The van der Waals surface area contributed by atoms with Crippen molar-refractivity contribution in [3.8, 4) is 11.5 Å². The summed E-state index contributed by atoms with van der Waals surface area (Å²) in [5.41, 5.74) is 4.44. The second-order valence-electron chi connectivity index (χ2n) is 7.78. The maximum absolute atomic E-state index is 5.79. The minimum Gasteiger partial charge on any atom is -0.497 e. The second-order valence-corrected chi connectivity index (χ2v) is 8.17. The molecule has 0 unspecified atom stereocenters. The van der Waals surface area contributed by atoms with E-state index in [1.165, 1.54) is 10.9 Å². The van der Waals surface area contributed by atoms with Crippen LogP contribution >= 0.6 is 12.2 Å². The zero-order chi connectivity index (χ0) is 23.2. The topological polar surface area (TPSA) is 62.7 Å². The lowest BCUT2D eigenvalue weighted by Crippen LogP contribution is -2.35. The molecule has 0 fully saturated rings. The molecule has 4 rings (SSSR count). The Labute approximate surface area is 199 Å². The summed E-state index contributed by atoms with van der Waals surface area (Å²) in [4.78, 5) is 5.61. The van der Waals surface area contributed by atoms with E-state index >= 15 is 0 Å². The number of H-pyrrole nitrogens is 1. The van der Waals surface area contributed by atoms with E-state index in [0.29, 0.717) is 18.3 Å². The molecule has 2 heterocycles. The SMILES string of the molecule is CCOc1ccc(NC(=S)N(CCc2c(C)[nH]c3ccc(OC)cc23)Cc2ccco2)cc1. The third kappa shape index (κ3) is 5.49. The number of aryl methyl sites for hydroxylation is 1. The quantitative estimate of drug-likeness (QED) is 0.301. The number of rotatable bonds is 9. The largest absolute Gasteiger partial charge is 0.497 e. The Morgan fingerprint density at radius 2 is 1.91 bits per heavy atom. The van der Waals surface area contributed by atoms with Crippen LogP contribution in [0.3, 0.4) is 0 Å². The van der Waals surface area contributed by atoms with Gasteiger partial charge in [-0.3, -0.25) is 0 Å². The number of furan rings is 1. The summed E-state index contributed by atoms with van der Waals surface area (Å²) in [5, 5.41) is 5.18. The fourth-order valence-corrected chi connectivity index (χ4v) is 4.18. The maximum Gasteiger partial charge on any atom is 0.173 e. The summed E-state index contributed by atoms with van der Waals surface area (Å²) in [6, 6.07) is 17.8. The van der Waals surface area contributed by atoms with Crippen LogP contribution < -0.4 is 14.8 Å². The number of nitrogens with zero attached hydrogens (tertiary/aromatic N) is 1. The molecule has 0 spiro atoms. The van der Waals surface area contributed by atoms with Crippen LogP contribution in [0.15, 0.2) is 65.3 Å². The van der Waals surface area contributed by atoms with Crippen molar-refractivity contribution in [2.24, 2.45) is 0 Å². The van der Waals surface area contributed by atoms with E-state index in [4.69, 9.17) is 26.1 Å². The molecule has 0 bridgehead atoms. The Kier molecular flexibility index (Phi) is 7.19. The molecule has 6 nitrogen and oxygen atoms in total. The normalized spacial score (nSPS) is 10.9. The molecule has 33 heavy (non-hydrogen) atoms. The van der Waals surface area contributed by atoms with Crippen molar-refractivity contribution in [3.05, 3.63) is 77.9 Å². The highest BCUT2D eigenvalue weighted by Crippen LogP contribution is 2.27. The molecule has 0 atom stereocenters. The Balaban J connectivity index is 1.52. The van der Waals surface area contributed by atoms with Gasteiger partial charge in [-0.15, -0.1) is 0 Å². The molecule has 2 N–H and O–H groups in total. The Bertz CT molecular complexity index is 1200. The lowest BCUT2D eigenvalue weighted by molar-refractivity contribution is 0.340. The zero-order valence-electron chi connectivity index (χ0n) is 19.2. The summed E-state index contributed by atoms with van der Waals surface area (Å²) < 4.78 is 16.6. The minimum atomic E-state index is 0.584. The highest BCUT2D eigenvalue weighted by Gasteiger charge is 2.16. The average Bonchev–Trinajstić information content (AvgIpc) is 3.44. The third-order valence-corrected chi connectivity index (χ3v) is 5.95. The van der Waals surface area contributed by atoms with Gasteiger partial charge in [-0.1, -0.05) is 0 Å². The summed E-state index contributed by atoms with van der Waals surface area (Å²) in [6.07, 6.45) is 2.51. The molecular formula is C26H29N3O3S. The van der Waals surface area contributed by atoms with E-state index in [9.17, 15) is 0 Å². The zero-order valence-corrected chi connectivity index (χ0v) is 20.0. The molecule has 2 aromatic heterocycles.